The monoisotopic (exact) mass is 306 g/mol. The topological polar surface area (TPSA) is 107 Å². The molecule has 0 spiro atoms. The largest absolute Gasteiger partial charge is 0.478 e. The van der Waals surface area contributed by atoms with Gasteiger partial charge in [-0.2, -0.15) is 0 Å². The average Bonchev–Trinajstić information content (AvgIpc) is 2.33. The first-order chi connectivity index (χ1) is 7.75. The third-order valence-electron chi connectivity index (χ3n) is 2.16. The van der Waals surface area contributed by atoms with Gasteiger partial charge in [-0.1, -0.05) is 6.92 Å². The zero-order chi connectivity index (χ0) is 14.1. The maximum absolute atomic E-state index is 9.93. The SMILES string of the molecule is CCC(CO)(CO)CO.O=C(O)C(S)(S)OS. The Morgan fingerprint density at radius 3 is 1.53 bits per heavy atom. The van der Waals surface area contributed by atoms with Crippen LogP contribution in [-0.4, -0.2) is 50.5 Å². The number of carboxylic acid groups (broad SMARTS) is 1. The van der Waals surface area contributed by atoms with Gasteiger partial charge in [-0.25, -0.2) is 4.79 Å². The number of aliphatic hydroxyl groups excluding tert-OH is 3. The van der Waals surface area contributed by atoms with Gasteiger partial charge in [-0.3, -0.25) is 4.18 Å². The molecule has 6 nitrogen and oxygen atoms in total. The highest BCUT2D eigenvalue weighted by atomic mass is 32.2. The van der Waals surface area contributed by atoms with Gasteiger partial charge in [0.2, 0.25) is 0 Å². The van der Waals surface area contributed by atoms with E-state index < -0.39 is 15.6 Å². The van der Waals surface area contributed by atoms with Crippen LogP contribution in [0, 0.1) is 5.41 Å². The van der Waals surface area contributed by atoms with Gasteiger partial charge in [-0.15, -0.1) is 25.3 Å². The lowest BCUT2D eigenvalue weighted by Crippen LogP contribution is -2.32. The van der Waals surface area contributed by atoms with E-state index >= 15 is 0 Å². The summed E-state index contributed by atoms with van der Waals surface area (Å²) in [5.41, 5.74) is -0.667. The summed E-state index contributed by atoms with van der Waals surface area (Å²) in [7, 11) is 0. The molecule has 0 aromatic heterocycles. The molecule has 104 valence electrons. The molecule has 9 heteroatoms. The quantitative estimate of drug-likeness (QED) is 0.208. The number of carboxylic acids is 1. The Morgan fingerprint density at radius 1 is 1.18 bits per heavy atom. The van der Waals surface area contributed by atoms with Crippen molar-refractivity contribution in [2.45, 2.75) is 17.6 Å². The average molecular weight is 306 g/mol. The molecule has 0 aliphatic heterocycles. The highest BCUT2D eigenvalue weighted by Gasteiger charge is 2.29. The molecule has 0 bridgehead atoms. The van der Waals surface area contributed by atoms with Crippen molar-refractivity contribution in [3.05, 3.63) is 0 Å². The Bertz CT molecular complexity index is 202. The molecule has 0 aromatic rings. The first-order valence-corrected chi connectivity index (χ1v) is 5.84. The van der Waals surface area contributed by atoms with E-state index in [1.54, 1.807) is 0 Å². The lowest BCUT2D eigenvalue weighted by molar-refractivity contribution is -0.141. The van der Waals surface area contributed by atoms with Gasteiger partial charge in [0.15, 0.2) is 0 Å². The molecule has 0 heterocycles. The number of aliphatic carboxylic acids is 1. The van der Waals surface area contributed by atoms with Gasteiger partial charge in [0, 0.05) is 5.41 Å². The normalized spacial score (nSPS) is 11.7. The van der Waals surface area contributed by atoms with Crippen LogP contribution in [-0.2, 0) is 8.98 Å². The number of hydrogen-bond donors (Lipinski definition) is 7. The summed E-state index contributed by atoms with van der Waals surface area (Å²) in [5, 5.41) is 34.1. The minimum Gasteiger partial charge on any atom is -0.478 e. The molecule has 0 aromatic carbocycles. The minimum absolute atomic E-state index is 0.156. The van der Waals surface area contributed by atoms with Crippen molar-refractivity contribution in [3.8, 4) is 0 Å². The summed E-state index contributed by atoms with van der Waals surface area (Å²) in [4.78, 5) is 9.93. The summed E-state index contributed by atoms with van der Waals surface area (Å²) in [6.45, 7) is 1.35. The Labute approximate surface area is 116 Å². The fraction of sp³-hybridized carbons (Fsp3) is 0.875. The Morgan fingerprint density at radius 2 is 1.53 bits per heavy atom. The zero-order valence-electron chi connectivity index (χ0n) is 9.28. The van der Waals surface area contributed by atoms with Gasteiger partial charge in [-0.05, 0) is 19.3 Å². The summed E-state index contributed by atoms with van der Waals surface area (Å²) in [6, 6.07) is 0. The second-order valence-corrected chi connectivity index (χ2v) is 5.13. The molecule has 0 saturated carbocycles. The molecule has 0 atom stereocenters. The molecule has 0 unspecified atom stereocenters. The molecule has 17 heavy (non-hydrogen) atoms. The van der Waals surface area contributed by atoms with Crippen LogP contribution in [0.25, 0.3) is 0 Å². The van der Waals surface area contributed by atoms with Crippen LogP contribution in [0.5, 0.6) is 0 Å². The Balaban J connectivity index is 0. The fourth-order valence-corrected chi connectivity index (χ4v) is 0.603. The predicted molar refractivity (Wildman–Crippen MR) is 72.4 cm³/mol. The molecule has 0 saturated heterocycles. The van der Waals surface area contributed by atoms with Gasteiger partial charge < -0.3 is 20.4 Å². The molecule has 0 aliphatic rings. The van der Waals surface area contributed by atoms with Crippen molar-refractivity contribution in [3.63, 3.8) is 0 Å². The van der Waals surface area contributed by atoms with E-state index in [0.717, 1.165) is 0 Å². The number of thiol groups is 3. The number of rotatable bonds is 6. The van der Waals surface area contributed by atoms with Gasteiger partial charge in [0.1, 0.15) is 0 Å². The van der Waals surface area contributed by atoms with Crippen LogP contribution >= 0.6 is 38.2 Å². The van der Waals surface area contributed by atoms with E-state index in [2.05, 4.69) is 42.4 Å². The van der Waals surface area contributed by atoms with Crippen molar-refractivity contribution in [2.75, 3.05) is 19.8 Å². The van der Waals surface area contributed by atoms with Crippen LogP contribution in [0.4, 0.5) is 0 Å². The van der Waals surface area contributed by atoms with Crippen molar-refractivity contribution in [2.24, 2.45) is 5.41 Å². The third kappa shape index (κ3) is 7.39. The Kier molecular flexibility index (Phi) is 10.8. The molecule has 0 aliphatic carbocycles. The molecule has 0 fully saturated rings. The minimum atomic E-state index is -1.79. The number of hydrogen-bond acceptors (Lipinski definition) is 8. The van der Waals surface area contributed by atoms with Gasteiger partial charge >= 0.3 is 5.97 Å². The second kappa shape index (κ2) is 9.31. The summed E-state index contributed by atoms with van der Waals surface area (Å²) >= 11 is 10.1. The highest BCUT2D eigenvalue weighted by molar-refractivity contribution is 8.02. The first kappa shape index (κ1) is 19.7. The van der Waals surface area contributed by atoms with Crippen LogP contribution in [0.15, 0.2) is 0 Å². The number of aliphatic hydroxyl groups is 3. The van der Waals surface area contributed by atoms with Crippen molar-refractivity contribution in [1.29, 1.82) is 0 Å². The predicted octanol–water partition coefficient (Wildman–Crippen LogP) is -0.194. The molecule has 4 N–H and O–H groups in total. The first-order valence-electron chi connectivity index (χ1n) is 4.58. The Hall–Kier alpha value is 0.360. The van der Waals surface area contributed by atoms with E-state index in [-0.39, 0.29) is 19.8 Å². The molecule has 0 radical (unpaired) electrons. The smallest absolute Gasteiger partial charge is 0.358 e. The molecular formula is C8H18O6S3. The van der Waals surface area contributed by atoms with E-state index in [1.165, 1.54) is 0 Å². The van der Waals surface area contributed by atoms with E-state index in [0.29, 0.717) is 6.42 Å². The van der Waals surface area contributed by atoms with Crippen LogP contribution in [0.2, 0.25) is 0 Å². The molecule has 0 amide bonds. The summed E-state index contributed by atoms with van der Waals surface area (Å²) < 4.78 is 2.23. The van der Waals surface area contributed by atoms with Crippen molar-refractivity contribution >= 4 is 44.1 Å². The van der Waals surface area contributed by atoms with Gasteiger partial charge in [0.05, 0.1) is 19.8 Å². The van der Waals surface area contributed by atoms with E-state index in [1.807, 2.05) is 6.92 Å². The maximum Gasteiger partial charge on any atom is 0.358 e. The number of carbonyl (C=O) groups is 1. The third-order valence-corrected chi connectivity index (χ3v) is 3.29. The summed E-state index contributed by atoms with van der Waals surface area (Å²) in [6.07, 6.45) is 0.594. The second-order valence-electron chi connectivity index (χ2n) is 3.33. The lowest BCUT2D eigenvalue weighted by atomic mass is 9.88. The highest BCUT2D eigenvalue weighted by Crippen LogP contribution is 2.22. The standard InChI is InChI=1S/C6H14O3.C2H4O3S3/c1-2-6(3-7,4-8)5-9;3-1(4)2(6,7)5-8/h7-9H,2-5H2,1H3;6-8H,(H,3,4). The van der Waals surface area contributed by atoms with Crippen LogP contribution < -0.4 is 0 Å². The molecular weight excluding hydrogens is 288 g/mol. The van der Waals surface area contributed by atoms with Crippen LogP contribution in [0.1, 0.15) is 13.3 Å². The lowest BCUT2D eigenvalue weighted by Gasteiger charge is -2.24. The van der Waals surface area contributed by atoms with E-state index in [4.69, 9.17) is 20.4 Å². The van der Waals surface area contributed by atoms with E-state index in [9.17, 15) is 4.79 Å². The van der Waals surface area contributed by atoms with Crippen molar-refractivity contribution in [1.82, 2.24) is 0 Å². The molecule has 0 rings (SSSR count). The fourth-order valence-electron chi connectivity index (χ4n) is 0.524. The van der Waals surface area contributed by atoms with Crippen LogP contribution in [0.3, 0.4) is 0 Å². The van der Waals surface area contributed by atoms with Crippen molar-refractivity contribution < 1.29 is 29.4 Å². The maximum atomic E-state index is 9.93. The summed E-state index contributed by atoms with van der Waals surface area (Å²) in [5.74, 6) is -1.29. The zero-order valence-corrected chi connectivity index (χ0v) is 12.0. The van der Waals surface area contributed by atoms with Gasteiger partial charge in [0.25, 0.3) is 4.27 Å².